The highest BCUT2D eigenvalue weighted by molar-refractivity contribution is 5.66. The van der Waals surface area contributed by atoms with Crippen LogP contribution in [-0.2, 0) is 4.74 Å². The van der Waals surface area contributed by atoms with Crippen LogP contribution in [0.4, 0.5) is 0 Å². The van der Waals surface area contributed by atoms with Gasteiger partial charge in [-0.2, -0.15) is 4.73 Å². The van der Waals surface area contributed by atoms with E-state index >= 15 is 0 Å². The average molecular weight is 212 g/mol. The lowest BCUT2D eigenvalue weighted by atomic mass is 9.93. The molecule has 16 heavy (non-hydrogen) atoms. The van der Waals surface area contributed by atoms with Crippen LogP contribution in [0.3, 0.4) is 0 Å². The van der Waals surface area contributed by atoms with Crippen molar-refractivity contribution in [3.8, 4) is 11.4 Å². The number of hydrogen-bond acceptors (Lipinski definition) is 3. The van der Waals surface area contributed by atoms with Crippen molar-refractivity contribution in [2.75, 3.05) is 0 Å². The van der Waals surface area contributed by atoms with Crippen LogP contribution in [0.2, 0.25) is 0 Å². The smallest absolute Gasteiger partial charge is 0.248 e. The molecule has 2 aromatic heterocycles. The van der Waals surface area contributed by atoms with Crippen LogP contribution in [0.5, 0.6) is 0 Å². The minimum absolute atomic E-state index is 0.0492. The topological polar surface area (TPSA) is 52.4 Å². The van der Waals surface area contributed by atoms with Crippen LogP contribution in [0.25, 0.3) is 11.4 Å². The van der Waals surface area contributed by atoms with Crippen LogP contribution in [0.1, 0.15) is 23.3 Å². The first-order valence-electron chi connectivity index (χ1n) is 5.19. The number of rotatable bonds is 0. The molecule has 0 N–H and O–H groups in total. The van der Waals surface area contributed by atoms with Gasteiger partial charge in [-0.1, -0.05) is 6.07 Å². The Bertz CT molecular complexity index is 597. The van der Waals surface area contributed by atoms with E-state index in [1.165, 1.54) is 6.20 Å². The molecule has 4 heteroatoms. The van der Waals surface area contributed by atoms with Gasteiger partial charge in [0.25, 0.3) is 0 Å². The molecule has 0 bridgehead atoms. The minimum atomic E-state index is 0.0492. The maximum absolute atomic E-state index is 11.8. The molecule has 78 valence electrons. The molecular formula is C12H8N2O2. The summed E-state index contributed by atoms with van der Waals surface area (Å²) in [6, 6.07) is 7.54. The highest BCUT2D eigenvalue weighted by Crippen LogP contribution is 2.57. The summed E-state index contributed by atoms with van der Waals surface area (Å²) in [7, 11) is 0. The molecule has 1 saturated heterocycles. The largest absolute Gasteiger partial charge is 0.618 e. The summed E-state index contributed by atoms with van der Waals surface area (Å²) in [6.45, 7) is 0. The first-order chi connectivity index (χ1) is 7.86. The standard InChI is InChI=1S/C12H8N2O2/c15-14-6-2-4-8-10(14)9-7(3-1-5-13-9)11-12(8)16-11/h1-6,11-12H. The first kappa shape index (κ1) is 8.24. The molecule has 2 aliphatic rings. The second-order valence-corrected chi connectivity index (χ2v) is 4.06. The summed E-state index contributed by atoms with van der Waals surface area (Å²) in [5.41, 5.74) is 3.37. The van der Waals surface area contributed by atoms with Crippen LogP contribution in [0, 0.1) is 5.21 Å². The highest BCUT2D eigenvalue weighted by Gasteiger charge is 2.50. The lowest BCUT2D eigenvalue weighted by Crippen LogP contribution is -2.31. The number of fused-ring (bicyclic) bond motifs is 6. The quantitative estimate of drug-likeness (QED) is 0.378. The second kappa shape index (κ2) is 2.59. The molecule has 2 atom stereocenters. The number of ether oxygens (including phenoxy) is 1. The van der Waals surface area contributed by atoms with Crippen molar-refractivity contribution in [1.82, 2.24) is 4.98 Å². The molecule has 0 radical (unpaired) electrons. The van der Waals surface area contributed by atoms with E-state index in [2.05, 4.69) is 4.98 Å². The Morgan fingerprint density at radius 2 is 2.00 bits per heavy atom. The van der Waals surface area contributed by atoms with E-state index in [0.29, 0.717) is 5.69 Å². The summed E-state index contributed by atoms with van der Waals surface area (Å²) >= 11 is 0. The maximum Gasteiger partial charge on any atom is 0.248 e. The van der Waals surface area contributed by atoms with E-state index in [4.69, 9.17) is 4.74 Å². The molecule has 0 amide bonds. The normalized spacial score (nSPS) is 24.2. The summed E-state index contributed by atoms with van der Waals surface area (Å²) in [6.07, 6.45) is 3.35. The van der Waals surface area contributed by atoms with E-state index in [1.807, 2.05) is 18.2 Å². The fraction of sp³-hybridized carbons (Fsp3) is 0.167. The highest BCUT2D eigenvalue weighted by atomic mass is 16.6. The van der Waals surface area contributed by atoms with Crippen molar-refractivity contribution in [2.24, 2.45) is 0 Å². The van der Waals surface area contributed by atoms with Crippen molar-refractivity contribution in [1.29, 1.82) is 0 Å². The molecule has 0 saturated carbocycles. The van der Waals surface area contributed by atoms with Gasteiger partial charge in [-0.25, -0.2) is 4.98 Å². The zero-order chi connectivity index (χ0) is 10.7. The van der Waals surface area contributed by atoms with Gasteiger partial charge < -0.3 is 9.94 Å². The maximum atomic E-state index is 11.8. The Morgan fingerprint density at radius 1 is 1.19 bits per heavy atom. The average Bonchev–Trinajstić information content (AvgIpc) is 3.09. The number of pyridine rings is 2. The summed E-state index contributed by atoms with van der Waals surface area (Å²) in [5, 5.41) is 11.8. The van der Waals surface area contributed by atoms with Gasteiger partial charge in [-0.05, 0) is 12.1 Å². The van der Waals surface area contributed by atoms with E-state index < -0.39 is 0 Å². The van der Waals surface area contributed by atoms with E-state index in [1.54, 1.807) is 12.3 Å². The Balaban J connectivity index is 2.11. The minimum Gasteiger partial charge on any atom is -0.618 e. The third-order valence-electron chi connectivity index (χ3n) is 3.16. The Hall–Kier alpha value is -1.94. The van der Waals surface area contributed by atoms with Gasteiger partial charge >= 0.3 is 0 Å². The molecule has 0 spiro atoms. The van der Waals surface area contributed by atoms with Crippen LogP contribution in [-0.4, -0.2) is 4.98 Å². The number of hydrogen-bond donors (Lipinski definition) is 0. The van der Waals surface area contributed by atoms with Gasteiger partial charge in [0.15, 0.2) is 6.20 Å². The zero-order valence-corrected chi connectivity index (χ0v) is 8.33. The lowest BCUT2D eigenvalue weighted by molar-refractivity contribution is -0.594. The van der Waals surface area contributed by atoms with Crippen molar-refractivity contribution < 1.29 is 9.47 Å². The fourth-order valence-electron chi connectivity index (χ4n) is 2.41. The van der Waals surface area contributed by atoms with Crippen LogP contribution < -0.4 is 4.73 Å². The third kappa shape index (κ3) is 0.875. The number of aromatic nitrogens is 2. The van der Waals surface area contributed by atoms with Gasteiger partial charge in [0, 0.05) is 17.8 Å². The van der Waals surface area contributed by atoms with E-state index in [0.717, 1.165) is 21.6 Å². The van der Waals surface area contributed by atoms with Crippen molar-refractivity contribution >= 4 is 0 Å². The summed E-state index contributed by atoms with van der Waals surface area (Å²) in [5.74, 6) is 0. The molecule has 2 aromatic rings. The fourth-order valence-corrected chi connectivity index (χ4v) is 2.41. The lowest BCUT2D eigenvalue weighted by Gasteiger charge is -2.13. The molecule has 0 aromatic carbocycles. The Kier molecular flexibility index (Phi) is 1.34. The van der Waals surface area contributed by atoms with Crippen LogP contribution in [0.15, 0.2) is 36.7 Å². The molecule has 1 fully saturated rings. The van der Waals surface area contributed by atoms with Crippen molar-refractivity contribution in [3.63, 3.8) is 0 Å². The Morgan fingerprint density at radius 3 is 2.94 bits per heavy atom. The predicted octanol–water partition coefficient (Wildman–Crippen LogP) is 1.51. The summed E-state index contributed by atoms with van der Waals surface area (Å²) in [4.78, 5) is 4.30. The number of epoxide rings is 1. The second-order valence-electron chi connectivity index (χ2n) is 4.06. The van der Waals surface area contributed by atoms with Gasteiger partial charge in [-0.3, -0.25) is 0 Å². The molecule has 4 rings (SSSR count). The van der Waals surface area contributed by atoms with Crippen molar-refractivity contribution in [2.45, 2.75) is 12.2 Å². The van der Waals surface area contributed by atoms with E-state index in [-0.39, 0.29) is 12.2 Å². The van der Waals surface area contributed by atoms with Gasteiger partial charge in [0.05, 0.1) is 5.56 Å². The summed E-state index contributed by atoms with van der Waals surface area (Å²) < 4.78 is 6.47. The molecule has 2 unspecified atom stereocenters. The van der Waals surface area contributed by atoms with Crippen molar-refractivity contribution in [3.05, 3.63) is 53.0 Å². The Labute approximate surface area is 91.7 Å². The zero-order valence-electron chi connectivity index (χ0n) is 8.33. The van der Waals surface area contributed by atoms with Gasteiger partial charge in [0.2, 0.25) is 5.69 Å². The third-order valence-corrected chi connectivity index (χ3v) is 3.16. The predicted molar refractivity (Wildman–Crippen MR) is 55.2 cm³/mol. The molecule has 3 heterocycles. The SMILES string of the molecule is [O-][n+]1cccc2c1-c1ncccc1C1OC21. The molecular weight excluding hydrogens is 204 g/mol. The number of nitrogens with zero attached hydrogens (tertiary/aromatic N) is 2. The van der Waals surface area contributed by atoms with Gasteiger partial charge in [-0.15, -0.1) is 0 Å². The molecule has 1 aliphatic heterocycles. The molecule has 1 aliphatic carbocycles. The molecule has 4 nitrogen and oxygen atoms in total. The monoisotopic (exact) mass is 212 g/mol. The van der Waals surface area contributed by atoms with Crippen LogP contribution >= 0.6 is 0 Å². The van der Waals surface area contributed by atoms with Gasteiger partial charge in [0.1, 0.15) is 17.9 Å². The van der Waals surface area contributed by atoms with E-state index in [9.17, 15) is 5.21 Å². The first-order valence-corrected chi connectivity index (χ1v) is 5.19.